The van der Waals surface area contributed by atoms with Crippen molar-refractivity contribution >= 4 is 27.5 Å². The van der Waals surface area contributed by atoms with Crippen LogP contribution in [-0.2, 0) is 14.8 Å². The minimum atomic E-state index is -3.71. The van der Waals surface area contributed by atoms with E-state index in [1.165, 1.54) is 31.2 Å². The summed E-state index contributed by atoms with van der Waals surface area (Å²) < 4.78 is 26.4. The Bertz CT molecular complexity index is 567. The van der Waals surface area contributed by atoms with E-state index in [4.69, 9.17) is 11.6 Å². The number of halogens is 1. The summed E-state index contributed by atoms with van der Waals surface area (Å²) in [7, 11) is -3.71. The highest BCUT2D eigenvalue weighted by Gasteiger charge is 2.27. The van der Waals surface area contributed by atoms with Crippen LogP contribution < -0.4 is 10.0 Å². The maximum atomic E-state index is 12.0. The molecule has 0 aliphatic heterocycles. The van der Waals surface area contributed by atoms with Crippen LogP contribution in [0.25, 0.3) is 0 Å². The molecule has 1 atom stereocenters. The standard InChI is InChI=1S/C12H15ClN2O3S/c1-8(12(16)14-10-4-5-10)15-19(17,18)11-6-2-9(13)3-7-11/h2-3,6-8,10,15H,4-5H2,1H3,(H,14,16)/t8-/m0/s1. The van der Waals surface area contributed by atoms with Crippen molar-refractivity contribution < 1.29 is 13.2 Å². The smallest absolute Gasteiger partial charge is 0.241 e. The summed E-state index contributed by atoms with van der Waals surface area (Å²) in [5.41, 5.74) is 0. The molecule has 19 heavy (non-hydrogen) atoms. The van der Waals surface area contributed by atoms with Crippen molar-refractivity contribution in [1.82, 2.24) is 10.0 Å². The van der Waals surface area contributed by atoms with Crippen LogP contribution in [0.4, 0.5) is 0 Å². The molecule has 1 aliphatic rings. The fourth-order valence-electron chi connectivity index (χ4n) is 1.52. The summed E-state index contributed by atoms with van der Waals surface area (Å²) in [5, 5.41) is 3.21. The fourth-order valence-corrected chi connectivity index (χ4v) is 2.85. The number of hydrogen-bond donors (Lipinski definition) is 2. The van der Waals surface area contributed by atoms with E-state index in [9.17, 15) is 13.2 Å². The Labute approximate surface area is 117 Å². The van der Waals surface area contributed by atoms with Gasteiger partial charge < -0.3 is 5.32 Å². The van der Waals surface area contributed by atoms with Crippen molar-refractivity contribution in [2.24, 2.45) is 0 Å². The molecule has 1 amide bonds. The molecule has 0 spiro atoms. The third kappa shape index (κ3) is 3.92. The molecule has 5 nitrogen and oxygen atoms in total. The Hall–Kier alpha value is -1.11. The minimum absolute atomic E-state index is 0.0861. The number of benzene rings is 1. The van der Waals surface area contributed by atoms with Gasteiger partial charge in [0.15, 0.2) is 0 Å². The number of nitrogens with one attached hydrogen (secondary N) is 2. The Morgan fingerprint density at radius 1 is 1.32 bits per heavy atom. The van der Waals surface area contributed by atoms with E-state index in [-0.39, 0.29) is 16.8 Å². The lowest BCUT2D eigenvalue weighted by Crippen LogP contribution is -2.45. The minimum Gasteiger partial charge on any atom is -0.352 e. The largest absolute Gasteiger partial charge is 0.352 e. The highest BCUT2D eigenvalue weighted by atomic mass is 35.5. The molecule has 0 saturated heterocycles. The van der Waals surface area contributed by atoms with Gasteiger partial charge in [-0.3, -0.25) is 4.79 Å². The van der Waals surface area contributed by atoms with Crippen LogP contribution in [0, 0.1) is 0 Å². The second-order valence-corrected chi connectivity index (χ2v) is 6.73. The molecule has 1 aliphatic carbocycles. The lowest BCUT2D eigenvalue weighted by atomic mass is 10.3. The van der Waals surface area contributed by atoms with Gasteiger partial charge in [0.2, 0.25) is 15.9 Å². The fraction of sp³-hybridized carbons (Fsp3) is 0.417. The number of sulfonamides is 1. The number of hydrogen-bond acceptors (Lipinski definition) is 3. The SMILES string of the molecule is C[C@H](NS(=O)(=O)c1ccc(Cl)cc1)C(=O)NC1CC1. The van der Waals surface area contributed by atoms with Gasteiger partial charge in [0.1, 0.15) is 0 Å². The van der Waals surface area contributed by atoms with Gasteiger partial charge >= 0.3 is 0 Å². The summed E-state index contributed by atoms with van der Waals surface area (Å²) in [6.07, 6.45) is 1.92. The van der Waals surface area contributed by atoms with Gasteiger partial charge in [0.05, 0.1) is 10.9 Å². The normalized spacial score (nSPS) is 16.9. The van der Waals surface area contributed by atoms with Crippen molar-refractivity contribution in [2.45, 2.75) is 36.7 Å². The quantitative estimate of drug-likeness (QED) is 0.860. The third-order valence-electron chi connectivity index (χ3n) is 2.77. The molecule has 7 heteroatoms. The summed E-state index contributed by atoms with van der Waals surface area (Å²) in [6.45, 7) is 1.52. The highest BCUT2D eigenvalue weighted by Crippen LogP contribution is 2.19. The molecular weight excluding hydrogens is 288 g/mol. The van der Waals surface area contributed by atoms with Crippen LogP contribution >= 0.6 is 11.6 Å². The van der Waals surface area contributed by atoms with Gasteiger partial charge in [0, 0.05) is 11.1 Å². The predicted octanol–water partition coefficient (Wildman–Crippen LogP) is 1.29. The zero-order chi connectivity index (χ0) is 14.0. The Morgan fingerprint density at radius 2 is 1.89 bits per heavy atom. The molecule has 104 valence electrons. The van der Waals surface area contributed by atoms with Gasteiger partial charge in [-0.25, -0.2) is 8.42 Å². The molecule has 0 bridgehead atoms. The van der Waals surface area contributed by atoms with E-state index in [2.05, 4.69) is 10.0 Å². The van der Waals surface area contributed by atoms with Crippen LogP contribution in [0.2, 0.25) is 5.02 Å². The molecule has 1 saturated carbocycles. The first-order valence-corrected chi connectivity index (χ1v) is 7.83. The molecule has 1 fully saturated rings. The zero-order valence-electron chi connectivity index (χ0n) is 10.4. The second kappa shape index (κ2) is 5.48. The Morgan fingerprint density at radius 3 is 2.42 bits per heavy atom. The maximum Gasteiger partial charge on any atom is 0.241 e. The average Bonchev–Trinajstić information content (AvgIpc) is 3.12. The van der Waals surface area contributed by atoms with Crippen LogP contribution in [0.15, 0.2) is 29.2 Å². The number of carbonyl (C=O) groups excluding carboxylic acids is 1. The third-order valence-corrected chi connectivity index (χ3v) is 4.58. The molecule has 0 heterocycles. The van der Waals surface area contributed by atoms with Crippen molar-refractivity contribution in [2.75, 3.05) is 0 Å². The molecule has 1 aromatic carbocycles. The Kier molecular flexibility index (Phi) is 4.13. The summed E-state index contributed by atoms with van der Waals surface area (Å²) >= 11 is 5.70. The first kappa shape index (κ1) is 14.3. The lowest BCUT2D eigenvalue weighted by molar-refractivity contribution is -0.122. The summed E-state index contributed by atoms with van der Waals surface area (Å²) in [6, 6.07) is 5.18. The van der Waals surface area contributed by atoms with Crippen LogP contribution in [0.1, 0.15) is 19.8 Å². The number of carbonyl (C=O) groups is 1. The summed E-state index contributed by atoms with van der Waals surface area (Å²) in [5.74, 6) is -0.306. The molecular formula is C12H15ClN2O3S. The second-order valence-electron chi connectivity index (χ2n) is 4.58. The van der Waals surface area contributed by atoms with Gasteiger partial charge in [0.25, 0.3) is 0 Å². The van der Waals surface area contributed by atoms with E-state index in [0.29, 0.717) is 5.02 Å². The molecule has 0 radical (unpaired) electrons. The first-order chi connectivity index (χ1) is 8.88. The number of rotatable bonds is 5. The first-order valence-electron chi connectivity index (χ1n) is 5.97. The monoisotopic (exact) mass is 302 g/mol. The summed E-state index contributed by atoms with van der Waals surface area (Å²) in [4.78, 5) is 11.8. The van der Waals surface area contributed by atoms with Crippen LogP contribution in [0.3, 0.4) is 0 Å². The van der Waals surface area contributed by atoms with Crippen LogP contribution in [0.5, 0.6) is 0 Å². The van der Waals surface area contributed by atoms with Gasteiger partial charge in [-0.2, -0.15) is 4.72 Å². The Balaban J connectivity index is 2.03. The van der Waals surface area contributed by atoms with E-state index in [1.807, 2.05) is 0 Å². The molecule has 2 N–H and O–H groups in total. The molecule has 1 aromatic rings. The zero-order valence-corrected chi connectivity index (χ0v) is 12.0. The van der Waals surface area contributed by atoms with E-state index < -0.39 is 16.1 Å². The van der Waals surface area contributed by atoms with Gasteiger partial charge in [-0.1, -0.05) is 11.6 Å². The van der Waals surface area contributed by atoms with Crippen LogP contribution in [-0.4, -0.2) is 26.4 Å². The van der Waals surface area contributed by atoms with Gasteiger partial charge in [-0.15, -0.1) is 0 Å². The molecule has 0 aromatic heterocycles. The topological polar surface area (TPSA) is 75.3 Å². The van der Waals surface area contributed by atoms with Crippen molar-refractivity contribution in [3.05, 3.63) is 29.3 Å². The molecule has 0 unspecified atom stereocenters. The van der Waals surface area contributed by atoms with E-state index >= 15 is 0 Å². The lowest BCUT2D eigenvalue weighted by Gasteiger charge is -2.14. The average molecular weight is 303 g/mol. The van der Waals surface area contributed by atoms with E-state index in [1.54, 1.807) is 0 Å². The predicted molar refractivity (Wildman–Crippen MR) is 72.4 cm³/mol. The number of amides is 1. The molecule has 2 rings (SSSR count). The maximum absolute atomic E-state index is 12.0. The van der Waals surface area contributed by atoms with E-state index in [0.717, 1.165) is 12.8 Å². The van der Waals surface area contributed by atoms with Crippen molar-refractivity contribution in [1.29, 1.82) is 0 Å². The van der Waals surface area contributed by atoms with Crippen molar-refractivity contribution in [3.8, 4) is 0 Å². The highest BCUT2D eigenvalue weighted by molar-refractivity contribution is 7.89. The van der Waals surface area contributed by atoms with Crippen molar-refractivity contribution in [3.63, 3.8) is 0 Å². The van der Waals surface area contributed by atoms with Gasteiger partial charge in [-0.05, 0) is 44.0 Å².